The molecule has 0 fully saturated rings. The monoisotopic (exact) mass is 311 g/mol. The zero-order valence-electron chi connectivity index (χ0n) is 10.2. The third-order valence-corrected chi connectivity index (χ3v) is 3.29. The molecule has 0 radical (unpaired) electrons. The summed E-state index contributed by atoms with van der Waals surface area (Å²) in [5, 5.41) is 11.3. The van der Waals surface area contributed by atoms with Crippen molar-refractivity contribution in [3.63, 3.8) is 0 Å². The maximum atomic E-state index is 11.8. The minimum absolute atomic E-state index is 0.131. The topological polar surface area (TPSA) is 64.7 Å². The van der Waals surface area contributed by atoms with Crippen LogP contribution in [-0.2, 0) is 20.1 Å². The molecule has 6 nitrogen and oxygen atoms in total. The minimum atomic E-state index is -0.131. The number of anilines is 1. The lowest BCUT2D eigenvalue weighted by Crippen LogP contribution is -2.23. The highest BCUT2D eigenvalue weighted by Gasteiger charge is 2.07. The van der Waals surface area contributed by atoms with Gasteiger partial charge in [0.05, 0.1) is 18.1 Å². The number of aromatic nitrogens is 4. The summed E-state index contributed by atoms with van der Waals surface area (Å²) in [6.07, 6.45) is 5.34. The number of nitrogens with one attached hydrogen (secondary N) is 1. The highest BCUT2D eigenvalue weighted by atomic mass is 79.9. The normalized spacial score (nSPS) is 10.6. The minimum Gasteiger partial charge on any atom is -0.378 e. The van der Waals surface area contributed by atoms with Gasteiger partial charge >= 0.3 is 0 Å². The predicted molar refractivity (Wildman–Crippen MR) is 72.4 cm³/mol. The Morgan fingerprint density at radius 1 is 1.39 bits per heavy atom. The van der Waals surface area contributed by atoms with Crippen LogP contribution >= 0.6 is 15.9 Å². The Morgan fingerprint density at radius 3 is 2.78 bits per heavy atom. The van der Waals surface area contributed by atoms with Gasteiger partial charge in [-0.05, 0) is 22.9 Å². The van der Waals surface area contributed by atoms with Crippen molar-refractivity contribution in [1.29, 1.82) is 0 Å². The Balaban J connectivity index is 2.15. The van der Waals surface area contributed by atoms with E-state index in [0.717, 1.165) is 5.56 Å². The van der Waals surface area contributed by atoms with Crippen LogP contribution in [0.2, 0.25) is 0 Å². The maximum Gasteiger partial charge on any atom is 0.283 e. The van der Waals surface area contributed by atoms with E-state index in [4.69, 9.17) is 0 Å². The van der Waals surface area contributed by atoms with Gasteiger partial charge in [0.15, 0.2) is 0 Å². The zero-order valence-corrected chi connectivity index (χ0v) is 11.8. The molecule has 0 aromatic carbocycles. The van der Waals surface area contributed by atoms with Crippen LogP contribution in [0.4, 0.5) is 5.69 Å². The molecule has 1 N–H and O–H groups in total. The van der Waals surface area contributed by atoms with Crippen molar-refractivity contribution in [2.45, 2.75) is 20.0 Å². The average Bonchev–Trinajstić information content (AvgIpc) is 2.77. The zero-order chi connectivity index (χ0) is 13.1. The van der Waals surface area contributed by atoms with Crippen LogP contribution in [0.15, 0.2) is 27.9 Å². The van der Waals surface area contributed by atoms with Gasteiger partial charge in [0.25, 0.3) is 5.56 Å². The number of hydrogen-bond donors (Lipinski definition) is 1. The molecule has 2 aromatic heterocycles. The van der Waals surface area contributed by atoms with Crippen LogP contribution in [0.25, 0.3) is 0 Å². The molecular formula is C11H14BrN5O. The Bertz CT molecular complexity index is 604. The summed E-state index contributed by atoms with van der Waals surface area (Å²) in [5.74, 6) is 0. The Morgan fingerprint density at radius 2 is 2.17 bits per heavy atom. The Kier molecular flexibility index (Phi) is 3.81. The van der Waals surface area contributed by atoms with Crippen molar-refractivity contribution >= 4 is 21.6 Å². The van der Waals surface area contributed by atoms with Crippen molar-refractivity contribution in [2.24, 2.45) is 7.05 Å². The lowest BCUT2D eigenvalue weighted by Gasteiger charge is -2.08. The maximum absolute atomic E-state index is 11.8. The fourth-order valence-corrected chi connectivity index (χ4v) is 2.02. The summed E-state index contributed by atoms with van der Waals surface area (Å²) in [7, 11) is 1.86. The molecule has 96 valence electrons. The summed E-state index contributed by atoms with van der Waals surface area (Å²) in [6, 6.07) is 0. The quantitative estimate of drug-likeness (QED) is 0.926. The molecule has 0 saturated carbocycles. The first kappa shape index (κ1) is 12.8. The molecule has 2 rings (SSSR count). The molecule has 0 spiro atoms. The summed E-state index contributed by atoms with van der Waals surface area (Å²) in [5.41, 5.74) is 1.60. The summed E-state index contributed by atoms with van der Waals surface area (Å²) in [4.78, 5) is 11.8. The second-order valence-corrected chi connectivity index (χ2v) is 4.66. The molecule has 0 amide bonds. The lowest BCUT2D eigenvalue weighted by molar-refractivity contribution is 0.613. The fraction of sp³-hybridized carbons (Fsp3) is 0.364. The second-order valence-electron chi connectivity index (χ2n) is 3.87. The molecule has 0 unspecified atom stereocenters. The molecule has 0 aliphatic rings. The van der Waals surface area contributed by atoms with Crippen LogP contribution in [0.5, 0.6) is 0 Å². The largest absolute Gasteiger partial charge is 0.378 e. The van der Waals surface area contributed by atoms with Crippen molar-refractivity contribution < 1.29 is 0 Å². The second kappa shape index (κ2) is 5.34. The first-order valence-corrected chi connectivity index (χ1v) is 6.38. The van der Waals surface area contributed by atoms with Crippen molar-refractivity contribution in [2.75, 3.05) is 5.32 Å². The standard InChI is InChI=1S/C11H14BrN5O/c1-3-17-11(18)10(12)9(6-15-17)13-4-8-5-14-16(2)7-8/h5-7,13H,3-4H2,1-2H3. The number of nitrogens with zero attached hydrogens (tertiary/aromatic N) is 4. The van der Waals surface area contributed by atoms with Crippen molar-refractivity contribution in [1.82, 2.24) is 19.6 Å². The van der Waals surface area contributed by atoms with Gasteiger partial charge in [-0.3, -0.25) is 9.48 Å². The average molecular weight is 312 g/mol. The van der Waals surface area contributed by atoms with Gasteiger partial charge in [-0.25, -0.2) is 4.68 Å². The molecule has 0 atom stereocenters. The molecule has 0 bridgehead atoms. The predicted octanol–water partition coefficient (Wildman–Crippen LogP) is 1.37. The SMILES string of the molecule is CCn1ncc(NCc2cnn(C)c2)c(Br)c1=O. The number of halogens is 1. The van der Waals surface area contributed by atoms with Gasteiger partial charge in [0, 0.05) is 31.9 Å². The van der Waals surface area contributed by atoms with Crippen LogP contribution in [0, 0.1) is 0 Å². The van der Waals surface area contributed by atoms with Gasteiger partial charge in [0.2, 0.25) is 0 Å². The molecule has 2 heterocycles. The highest BCUT2D eigenvalue weighted by Crippen LogP contribution is 2.16. The third kappa shape index (κ3) is 2.61. The van der Waals surface area contributed by atoms with E-state index in [2.05, 4.69) is 31.4 Å². The molecule has 0 aliphatic carbocycles. The summed E-state index contributed by atoms with van der Waals surface area (Å²) in [6.45, 7) is 3.04. The van der Waals surface area contributed by atoms with Gasteiger partial charge in [-0.2, -0.15) is 10.2 Å². The van der Waals surface area contributed by atoms with Gasteiger partial charge < -0.3 is 5.32 Å². The summed E-state index contributed by atoms with van der Waals surface area (Å²) >= 11 is 3.29. The van der Waals surface area contributed by atoms with E-state index >= 15 is 0 Å². The molecule has 0 aliphatic heterocycles. The van der Waals surface area contributed by atoms with Crippen molar-refractivity contribution in [3.05, 3.63) is 39.0 Å². The summed E-state index contributed by atoms with van der Waals surface area (Å²) < 4.78 is 3.64. The van der Waals surface area contributed by atoms with Gasteiger partial charge in [0.1, 0.15) is 4.47 Å². The van der Waals surface area contributed by atoms with Crippen LogP contribution in [0.1, 0.15) is 12.5 Å². The Hall–Kier alpha value is -1.63. The first-order chi connectivity index (χ1) is 8.61. The smallest absolute Gasteiger partial charge is 0.283 e. The van der Waals surface area contributed by atoms with E-state index in [0.29, 0.717) is 23.2 Å². The first-order valence-electron chi connectivity index (χ1n) is 5.58. The van der Waals surface area contributed by atoms with Crippen LogP contribution in [0.3, 0.4) is 0 Å². The molecule has 0 saturated heterocycles. The highest BCUT2D eigenvalue weighted by molar-refractivity contribution is 9.10. The van der Waals surface area contributed by atoms with E-state index in [9.17, 15) is 4.79 Å². The van der Waals surface area contributed by atoms with E-state index < -0.39 is 0 Å². The molecule has 18 heavy (non-hydrogen) atoms. The third-order valence-electron chi connectivity index (χ3n) is 2.53. The van der Waals surface area contributed by atoms with Gasteiger partial charge in [-0.15, -0.1) is 0 Å². The number of aryl methyl sites for hydroxylation is 2. The van der Waals surface area contributed by atoms with Crippen LogP contribution in [-0.4, -0.2) is 19.6 Å². The fourth-order valence-electron chi connectivity index (χ4n) is 1.57. The van der Waals surface area contributed by atoms with E-state index in [1.807, 2.05) is 20.2 Å². The van der Waals surface area contributed by atoms with Crippen molar-refractivity contribution in [3.8, 4) is 0 Å². The van der Waals surface area contributed by atoms with E-state index in [1.165, 1.54) is 4.68 Å². The number of hydrogen-bond acceptors (Lipinski definition) is 4. The molecular weight excluding hydrogens is 298 g/mol. The molecule has 2 aromatic rings. The van der Waals surface area contributed by atoms with E-state index in [-0.39, 0.29) is 5.56 Å². The van der Waals surface area contributed by atoms with Gasteiger partial charge in [-0.1, -0.05) is 0 Å². The van der Waals surface area contributed by atoms with E-state index in [1.54, 1.807) is 17.1 Å². The lowest BCUT2D eigenvalue weighted by atomic mass is 10.3. The molecule has 7 heteroatoms. The number of rotatable bonds is 4. The van der Waals surface area contributed by atoms with Crippen LogP contribution < -0.4 is 10.9 Å². The Labute approximate surface area is 113 Å².